The third-order valence-corrected chi connectivity index (χ3v) is 3.82. The normalized spacial score (nSPS) is 13.0. The lowest BCUT2D eigenvalue weighted by atomic mass is 9.75. The molecule has 1 heterocycles. The number of amides is 1. The molecule has 2 aromatic carbocycles. The summed E-state index contributed by atoms with van der Waals surface area (Å²) in [6.45, 7) is 0.747. The van der Waals surface area contributed by atoms with Crippen molar-refractivity contribution >= 4 is 18.5 Å². The fourth-order valence-corrected chi connectivity index (χ4v) is 2.65. The first kappa shape index (κ1) is 15.7. The van der Waals surface area contributed by atoms with Gasteiger partial charge >= 0.3 is 7.12 Å². The van der Waals surface area contributed by atoms with Gasteiger partial charge in [0.25, 0.3) is 0 Å². The Bertz CT molecular complexity index is 678. The van der Waals surface area contributed by atoms with Gasteiger partial charge in [0.05, 0.1) is 13.2 Å². The maximum Gasteiger partial charge on any atom is 0.492 e. The van der Waals surface area contributed by atoms with Crippen LogP contribution < -0.4 is 10.9 Å². The van der Waals surface area contributed by atoms with Crippen LogP contribution >= 0.6 is 0 Å². The summed E-state index contributed by atoms with van der Waals surface area (Å²) in [6, 6.07) is 15.4. The zero-order valence-electron chi connectivity index (χ0n) is 12.7. The molecule has 2 N–H and O–H groups in total. The second-order valence-electron chi connectivity index (χ2n) is 5.45. The lowest BCUT2D eigenvalue weighted by Gasteiger charge is -2.09. The van der Waals surface area contributed by atoms with E-state index in [-0.39, 0.29) is 12.3 Å². The molecular formula is C17H18BNO4. The van der Waals surface area contributed by atoms with Gasteiger partial charge in [0.15, 0.2) is 0 Å². The van der Waals surface area contributed by atoms with Crippen LogP contribution in [0.2, 0.25) is 0 Å². The standard InChI is InChI=1S/C17H18BNO4/c20-16(19-23-11-13-5-2-1-3-6-13)10-9-14-7-4-8-15-12-22-18(21)17(14)15/h1-8,21H,9-12H2,(H,19,20). The third kappa shape index (κ3) is 3.98. The van der Waals surface area contributed by atoms with Crippen LogP contribution in [0, 0.1) is 0 Å². The monoisotopic (exact) mass is 311 g/mol. The van der Waals surface area contributed by atoms with E-state index >= 15 is 0 Å². The van der Waals surface area contributed by atoms with Gasteiger partial charge in [-0.3, -0.25) is 9.63 Å². The molecule has 118 valence electrons. The molecule has 0 unspecified atom stereocenters. The SMILES string of the molecule is O=C(CCc1cccc2c1B(O)OC2)NOCc1ccccc1. The molecular weight excluding hydrogens is 293 g/mol. The first-order valence-electron chi connectivity index (χ1n) is 7.59. The predicted molar refractivity (Wildman–Crippen MR) is 86.5 cm³/mol. The van der Waals surface area contributed by atoms with E-state index in [2.05, 4.69) is 5.48 Å². The van der Waals surface area contributed by atoms with Crippen molar-refractivity contribution in [3.05, 3.63) is 65.2 Å². The molecule has 0 saturated carbocycles. The van der Waals surface area contributed by atoms with Crippen molar-refractivity contribution in [2.75, 3.05) is 0 Å². The van der Waals surface area contributed by atoms with Crippen LogP contribution in [0.5, 0.6) is 0 Å². The quantitative estimate of drug-likeness (QED) is 0.619. The van der Waals surface area contributed by atoms with Gasteiger partial charge in [0.1, 0.15) is 0 Å². The van der Waals surface area contributed by atoms with Crippen LogP contribution in [-0.2, 0) is 33.9 Å². The molecule has 0 saturated heterocycles. The average molecular weight is 311 g/mol. The van der Waals surface area contributed by atoms with Crippen molar-refractivity contribution in [1.29, 1.82) is 0 Å². The van der Waals surface area contributed by atoms with Crippen LogP contribution in [-0.4, -0.2) is 18.0 Å². The topological polar surface area (TPSA) is 67.8 Å². The van der Waals surface area contributed by atoms with Crippen molar-refractivity contribution < 1.29 is 19.3 Å². The van der Waals surface area contributed by atoms with E-state index in [1.54, 1.807) is 0 Å². The average Bonchev–Trinajstić information content (AvgIpc) is 2.96. The van der Waals surface area contributed by atoms with Crippen molar-refractivity contribution in [1.82, 2.24) is 5.48 Å². The van der Waals surface area contributed by atoms with E-state index < -0.39 is 7.12 Å². The maximum atomic E-state index is 11.9. The molecule has 5 nitrogen and oxygen atoms in total. The fourth-order valence-electron chi connectivity index (χ4n) is 2.65. The number of aryl methyl sites for hydroxylation is 1. The van der Waals surface area contributed by atoms with Crippen molar-refractivity contribution in [3.63, 3.8) is 0 Å². The summed E-state index contributed by atoms with van der Waals surface area (Å²) < 4.78 is 5.21. The number of benzene rings is 2. The van der Waals surface area contributed by atoms with Crippen LogP contribution in [0.3, 0.4) is 0 Å². The van der Waals surface area contributed by atoms with E-state index in [9.17, 15) is 9.82 Å². The lowest BCUT2D eigenvalue weighted by Crippen LogP contribution is -2.32. The molecule has 1 aliphatic heterocycles. The van der Waals surface area contributed by atoms with E-state index in [4.69, 9.17) is 9.49 Å². The zero-order chi connectivity index (χ0) is 16.1. The number of carbonyl (C=O) groups is 1. The molecule has 0 spiro atoms. The van der Waals surface area contributed by atoms with E-state index in [1.165, 1.54) is 0 Å². The minimum Gasteiger partial charge on any atom is -0.423 e. The Morgan fingerprint density at radius 1 is 1.22 bits per heavy atom. The first-order chi connectivity index (χ1) is 11.2. The third-order valence-electron chi connectivity index (χ3n) is 3.82. The van der Waals surface area contributed by atoms with Gasteiger partial charge in [-0.2, -0.15) is 0 Å². The van der Waals surface area contributed by atoms with Gasteiger partial charge in [-0.05, 0) is 28.6 Å². The van der Waals surface area contributed by atoms with Crippen molar-refractivity contribution in [3.8, 4) is 0 Å². The number of hydrogen-bond donors (Lipinski definition) is 2. The van der Waals surface area contributed by atoms with Gasteiger partial charge in [-0.15, -0.1) is 0 Å². The van der Waals surface area contributed by atoms with Crippen LogP contribution in [0.4, 0.5) is 0 Å². The number of fused-ring (bicyclic) bond motifs is 1. The number of carbonyl (C=O) groups excluding carboxylic acids is 1. The van der Waals surface area contributed by atoms with Gasteiger partial charge in [0, 0.05) is 6.42 Å². The number of nitrogens with one attached hydrogen (secondary N) is 1. The van der Waals surface area contributed by atoms with Gasteiger partial charge in [-0.25, -0.2) is 5.48 Å². The molecule has 1 aliphatic rings. The first-order valence-corrected chi connectivity index (χ1v) is 7.59. The minimum atomic E-state index is -0.890. The number of rotatable bonds is 6. The second-order valence-corrected chi connectivity index (χ2v) is 5.45. The maximum absolute atomic E-state index is 11.9. The Morgan fingerprint density at radius 2 is 2.04 bits per heavy atom. The Kier molecular flexibility index (Phi) is 5.07. The Morgan fingerprint density at radius 3 is 2.87 bits per heavy atom. The molecule has 0 aliphatic carbocycles. The zero-order valence-corrected chi connectivity index (χ0v) is 12.7. The fraction of sp³-hybridized carbons (Fsp3) is 0.235. The summed E-state index contributed by atoms with van der Waals surface area (Å²) >= 11 is 0. The van der Waals surface area contributed by atoms with Crippen molar-refractivity contribution in [2.45, 2.75) is 26.1 Å². The molecule has 0 fully saturated rings. The Labute approximate surface area is 135 Å². The number of hydroxylamine groups is 1. The lowest BCUT2D eigenvalue weighted by molar-refractivity contribution is -0.134. The predicted octanol–water partition coefficient (Wildman–Crippen LogP) is 1.08. The Balaban J connectivity index is 1.47. The molecule has 1 amide bonds. The van der Waals surface area contributed by atoms with Crippen LogP contribution in [0.25, 0.3) is 0 Å². The van der Waals surface area contributed by atoms with Crippen LogP contribution in [0.1, 0.15) is 23.1 Å². The summed E-state index contributed by atoms with van der Waals surface area (Å²) in [5.74, 6) is -0.188. The van der Waals surface area contributed by atoms with Gasteiger partial charge in [-0.1, -0.05) is 48.5 Å². The largest absolute Gasteiger partial charge is 0.492 e. The second kappa shape index (κ2) is 7.41. The Hall–Kier alpha value is -2.15. The van der Waals surface area contributed by atoms with E-state index in [0.29, 0.717) is 19.6 Å². The molecule has 0 aromatic heterocycles. The summed E-state index contributed by atoms with van der Waals surface area (Å²) in [5, 5.41) is 9.85. The molecule has 2 aromatic rings. The number of hydrogen-bond acceptors (Lipinski definition) is 4. The molecule has 0 bridgehead atoms. The minimum absolute atomic E-state index is 0.188. The van der Waals surface area contributed by atoms with Gasteiger partial charge in [0.2, 0.25) is 5.91 Å². The summed E-state index contributed by atoms with van der Waals surface area (Å²) in [7, 11) is -0.890. The van der Waals surface area contributed by atoms with Crippen LogP contribution in [0.15, 0.2) is 48.5 Å². The molecule has 6 heteroatoms. The van der Waals surface area contributed by atoms with Gasteiger partial charge < -0.3 is 9.68 Å². The highest BCUT2D eigenvalue weighted by Gasteiger charge is 2.29. The smallest absolute Gasteiger partial charge is 0.423 e. The van der Waals surface area contributed by atoms with E-state index in [0.717, 1.165) is 22.2 Å². The summed E-state index contributed by atoms with van der Waals surface area (Å²) in [5.41, 5.74) is 6.16. The molecule has 0 atom stereocenters. The summed E-state index contributed by atoms with van der Waals surface area (Å²) in [6.07, 6.45) is 0.822. The highest BCUT2D eigenvalue weighted by Crippen LogP contribution is 2.14. The molecule has 23 heavy (non-hydrogen) atoms. The molecule has 0 radical (unpaired) electrons. The van der Waals surface area contributed by atoms with E-state index in [1.807, 2.05) is 48.5 Å². The molecule has 3 rings (SSSR count). The van der Waals surface area contributed by atoms with Crippen molar-refractivity contribution in [2.24, 2.45) is 0 Å². The highest BCUT2D eigenvalue weighted by atomic mass is 16.6. The highest BCUT2D eigenvalue weighted by molar-refractivity contribution is 6.62. The summed E-state index contributed by atoms with van der Waals surface area (Å²) in [4.78, 5) is 17.1.